The first kappa shape index (κ1) is 15.7. The van der Waals surface area contributed by atoms with Gasteiger partial charge in [0.15, 0.2) is 17.4 Å². The van der Waals surface area contributed by atoms with Crippen LogP contribution >= 0.6 is 0 Å². The molecule has 1 saturated carbocycles. The Morgan fingerprint density at radius 1 is 1.33 bits per heavy atom. The number of carbonyl (C=O) groups is 1. The zero-order valence-corrected chi connectivity index (χ0v) is 12.0. The zero-order chi connectivity index (χ0) is 15.2. The van der Waals surface area contributed by atoms with Gasteiger partial charge in [0.1, 0.15) is 0 Å². The van der Waals surface area contributed by atoms with Crippen molar-refractivity contribution in [3.63, 3.8) is 0 Å². The van der Waals surface area contributed by atoms with Gasteiger partial charge >= 0.3 is 0 Å². The van der Waals surface area contributed by atoms with Crippen LogP contribution in [-0.2, 0) is 11.3 Å². The number of benzene rings is 1. The van der Waals surface area contributed by atoms with Gasteiger partial charge in [0.05, 0.1) is 6.61 Å². The van der Waals surface area contributed by atoms with E-state index in [0.29, 0.717) is 24.6 Å². The van der Waals surface area contributed by atoms with Crippen molar-refractivity contribution >= 4 is 5.91 Å². The van der Waals surface area contributed by atoms with E-state index in [2.05, 4.69) is 10.6 Å². The van der Waals surface area contributed by atoms with Crippen LogP contribution in [0.2, 0.25) is 0 Å². The van der Waals surface area contributed by atoms with E-state index in [1.54, 1.807) is 0 Å². The lowest BCUT2D eigenvalue weighted by molar-refractivity contribution is -0.120. The summed E-state index contributed by atoms with van der Waals surface area (Å²) in [7, 11) is 1.54. The lowest BCUT2D eigenvalue weighted by atomic mass is 10.2. The van der Waals surface area contributed by atoms with Crippen LogP contribution in [0.15, 0.2) is 12.1 Å². The van der Waals surface area contributed by atoms with Crippen molar-refractivity contribution in [2.75, 3.05) is 13.7 Å². The van der Waals surface area contributed by atoms with E-state index >= 15 is 0 Å². The van der Waals surface area contributed by atoms with E-state index in [1.807, 2.05) is 0 Å². The van der Waals surface area contributed by atoms with Crippen LogP contribution in [-0.4, -0.2) is 25.6 Å². The summed E-state index contributed by atoms with van der Waals surface area (Å²) in [5.74, 6) is -1.91. The second-order valence-corrected chi connectivity index (χ2v) is 5.17. The van der Waals surface area contributed by atoms with Crippen molar-refractivity contribution in [1.29, 1.82) is 0 Å². The van der Waals surface area contributed by atoms with Crippen molar-refractivity contribution in [1.82, 2.24) is 10.6 Å². The molecule has 0 bridgehead atoms. The van der Waals surface area contributed by atoms with Crippen molar-refractivity contribution in [2.24, 2.45) is 0 Å². The molecule has 0 radical (unpaired) electrons. The number of nitrogens with one attached hydrogen (secondary N) is 2. The van der Waals surface area contributed by atoms with Crippen LogP contribution in [0.4, 0.5) is 8.78 Å². The minimum atomic E-state index is -0.706. The molecule has 4 nitrogen and oxygen atoms in total. The molecule has 1 aliphatic rings. The Balaban J connectivity index is 1.85. The topological polar surface area (TPSA) is 50.4 Å². The number of carbonyl (C=O) groups excluding carboxylic acids is 1. The molecule has 21 heavy (non-hydrogen) atoms. The van der Waals surface area contributed by atoms with Gasteiger partial charge in [-0.1, -0.05) is 0 Å². The summed E-state index contributed by atoms with van der Waals surface area (Å²) in [5.41, 5.74) is 0.564. The van der Waals surface area contributed by atoms with Gasteiger partial charge in [-0.05, 0) is 37.0 Å². The average molecular weight is 298 g/mol. The SMILES string of the molecule is CNC(=O)CCCOc1c(F)cc(CNC2CC2)cc1F. The summed E-state index contributed by atoms with van der Waals surface area (Å²) in [6.07, 6.45) is 2.92. The first-order valence-corrected chi connectivity index (χ1v) is 7.15. The Labute approximate surface area is 122 Å². The number of hydrogen-bond acceptors (Lipinski definition) is 3. The summed E-state index contributed by atoms with van der Waals surface area (Å²) < 4.78 is 32.8. The Hall–Kier alpha value is -1.69. The van der Waals surface area contributed by atoms with Crippen LogP contribution < -0.4 is 15.4 Å². The van der Waals surface area contributed by atoms with Crippen molar-refractivity contribution in [3.8, 4) is 5.75 Å². The second-order valence-electron chi connectivity index (χ2n) is 5.17. The van der Waals surface area contributed by atoms with Crippen molar-refractivity contribution in [2.45, 2.75) is 38.3 Å². The molecule has 0 aliphatic heterocycles. The first-order chi connectivity index (χ1) is 10.1. The maximum absolute atomic E-state index is 13.8. The monoisotopic (exact) mass is 298 g/mol. The van der Waals surface area contributed by atoms with Gasteiger partial charge in [-0.2, -0.15) is 0 Å². The molecule has 1 fully saturated rings. The molecule has 6 heteroatoms. The molecule has 1 aromatic carbocycles. The first-order valence-electron chi connectivity index (χ1n) is 7.15. The quantitative estimate of drug-likeness (QED) is 0.723. The van der Waals surface area contributed by atoms with Gasteiger partial charge in [0.2, 0.25) is 5.91 Å². The molecule has 0 heterocycles. The Morgan fingerprint density at radius 2 is 2.00 bits per heavy atom. The van der Waals surface area contributed by atoms with E-state index in [1.165, 1.54) is 19.2 Å². The molecular formula is C15H20F2N2O2. The Kier molecular flexibility index (Phi) is 5.50. The van der Waals surface area contributed by atoms with Gasteiger partial charge in [-0.3, -0.25) is 4.79 Å². The summed E-state index contributed by atoms with van der Waals surface area (Å²) in [4.78, 5) is 11.0. The smallest absolute Gasteiger partial charge is 0.219 e. The van der Waals surface area contributed by atoms with E-state index in [4.69, 9.17) is 4.74 Å². The molecule has 0 unspecified atom stereocenters. The number of ether oxygens (including phenoxy) is 1. The van der Waals surface area contributed by atoms with Crippen LogP contribution in [0, 0.1) is 11.6 Å². The fraction of sp³-hybridized carbons (Fsp3) is 0.533. The molecule has 0 atom stereocenters. The van der Waals surface area contributed by atoms with Crippen molar-refractivity contribution < 1.29 is 18.3 Å². The highest BCUT2D eigenvalue weighted by molar-refractivity contribution is 5.75. The van der Waals surface area contributed by atoms with Crippen LogP contribution in [0.3, 0.4) is 0 Å². The third-order valence-electron chi connectivity index (χ3n) is 3.30. The third kappa shape index (κ3) is 4.97. The Morgan fingerprint density at radius 3 is 2.57 bits per heavy atom. The molecule has 116 valence electrons. The summed E-state index contributed by atoms with van der Waals surface area (Å²) in [6.45, 7) is 0.552. The predicted octanol–water partition coefficient (Wildman–Crippen LogP) is 2.12. The fourth-order valence-corrected chi connectivity index (χ4v) is 1.93. The highest BCUT2D eigenvalue weighted by Gasteiger charge is 2.20. The molecule has 0 saturated heterocycles. The lowest BCUT2D eigenvalue weighted by Gasteiger charge is -2.10. The van der Waals surface area contributed by atoms with Gasteiger partial charge in [-0.25, -0.2) is 8.78 Å². The summed E-state index contributed by atoms with van der Waals surface area (Å²) >= 11 is 0. The molecule has 1 amide bonds. The van der Waals surface area contributed by atoms with E-state index in [9.17, 15) is 13.6 Å². The van der Waals surface area contributed by atoms with Crippen LogP contribution in [0.25, 0.3) is 0 Å². The second kappa shape index (κ2) is 7.36. The van der Waals surface area contributed by atoms with Crippen LogP contribution in [0.1, 0.15) is 31.2 Å². The maximum Gasteiger partial charge on any atom is 0.219 e. The lowest BCUT2D eigenvalue weighted by Crippen LogP contribution is -2.18. The van der Waals surface area contributed by atoms with E-state index in [-0.39, 0.29) is 24.7 Å². The normalized spacial score (nSPS) is 14.0. The van der Waals surface area contributed by atoms with E-state index < -0.39 is 11.6 Å². The van der Waals surface area contributed by atoms with Gasteiger partial charge in [0.25, 0.3) is 0 Å². The number of amides is 1. The molecule has 2 rings (SSSR count). The minimum Gasteiger partial charge on any atom is -0.488 e. The van der Waals surface area contributed by atoms with E-state index in [0.717, 1.165) is 12.8 Å². The Bertz CT molecular complexity index is 481. The predicted molar refractivity (Wildman–Crippen MR) is 75.0 cm³/mol. The van der Waals surface area contributed by atoms with Gasteiger partial charge < -0.3 is 15.4 Å². The maximum atomic E-state index is 13.8. The molecule has 2 N–H and O–H groups in total. The molecular weight excluding hydrogens is 278 g/mol. The zero-order valence-electron chi connectivity index (χ0n) is 12.0. The molecule has 0 spiro atoms. The largest absolute Gasteiger partial charge is 0.488 e. The highest BCUT2D eigenvalue weighted by atomic mass is 19.1. The van der Waals surface area contributed by atoms with Crippen LogP contribution in [0.5, 0.6) is 5.75 Å². The molecule has 1 aromatic rings. The third-order valence-corrected chi connectivity index (χ3v) is 3.30. The summed E-state index contributed by atoms with van der Waals surface area (Å²) in [5, 5.41) is 5.67. The molecule has 0 aromatic heterocycles. The van der Waals surface area contributed by atoms with Crippen molar-refractivity contribution in [3.05, 3.63) is 29.3 Å². The average Bonchev–Trinajstić information content (AvgIpc) is 3.27. The standard InChI is InChI=1S/C15H20F2N2O2/c1-18-14(20)3-2-6-21-15-12(16)7-10(8-13(15)17)9-19-11-4-5-11/h7-8,11,19H,2-6,9H2,1H3,(H,18,20). The van der Waals surface area contributed by atoms with Gasteiger partial charge in [-0.15, -0.1) is 0 Å². The van der Waals surface area contributed by atoms with Gasteiger partial charge in [0, 0.05) is 26.1 Å². The number of hydrogen-bond donors (Lipinski definition) is 2. The number of rotatable bonds is 8. The minimum absolute atomic E-state index is 0.0981. The fourth-order valence-electron chi connectivity index (χ4n) is 1.93. The number of halogens is 2. The summed E-state index contributed by atoms with van der Waals surface area (Å²) in [6, 6.07) is 3.05. The molecule has 1 aliphatic carbocycles. The highest BCUT2D eigenvalue weighted by Crippen LogP contribution is 2.25.